The molecule has 0 aromatic carbocycles. The van der Waals surface area contributed by atoms with Crippen molar-refractivity contribution < 1.29 is 4.79 Å². The molecule has 0 aliphatic rings. The van der Waals surface area contributed by atoms with Crippen molar-refractivity contribution in [1.82, 2.24) is 10.3 Å². The summed E-state index contributed by atoms with van der Waals surface area (Å²) >= 11 is 0. The lowest BCUT2D eigenvalue weighted by Gasteiger charge is -2.30. The lowest BCUT2D eigenvalue weighted by Crippen LogP contribution is -2.49. The first kappa shape index (κ1) is 14.4. The van der Waals surface area contributed by atoms with Crippen LogP contribution in [0.4, 0.5) is 0 Å². The predicted octanol–water partition coefficient (Wildman–Crippen LogP) is 1.12. The second-order valence-electron chi connectivity index (χ2n) is 4.03. The molecule has 0 spiro atoms. The van der Waals surface area contributed by atoms with Gasteiger partial charge in [0.2, 0.25) is 0 Å². The van der Waals surface area contributed by atoms with Gasteiger partial charge in [0.05, 0.1) is 6.04 Å². The minimum atomic E-state index is -0.0889. The number of nitrogens with zero attached hydrogens (tertiary/aromatic N) is 1. The summed E-state index contributed by atoms with van der Waals surface area (Å²) in [5, 5.41) is 0. The molecular weight excluding hydrogens is 190 g/mol. The Bertz CT molecular complexity index is 185. The van der Waals surface area contributed by atoms with Gasteiger partial charge < -0.3 is 0 Å². The second kappa shape index (κ2) is 7.65. The Morgan fingerprint density at radius 1 is 1.33 bits per heavy atom. The van der Waals surface area contributed by atoms with Crippen molar-refractivity contribution in [3.05, 3.63) is 0 Å². The van der Waals surface area contributed by atoms with E-state index in [1.54, 1.807) is 0 Å². The Hall–Kier alpha value is -0.610. The van der Waals surface area contributed by atoms with Crippen molar-refractivity contribution in [3.63, 3.8) is 0 Å². The highest BCUT2D eigenvalue weighted by Crippen LogP contribution is 2.10. The number of hydrogen-bond acceptors (Lipinski definition) is 3. The lowest BCUT2D eigenvalue weighted by atomic mass is 10.1. The minimum Gasteiger partial charge on any atom is -0.293 e. The molecule has 0 radical (unpaired) electrons. The third-order valence-electron chi connectivity index (χ3n) is 2.92. The molecule has 0 aromatic heterocycles. The van der Waals surface area contributed by atoms with E-state index in [-0.39, 0.29) is 11.9 Å². The standard InChI is InChI=1S/C11H25N3O/c1-5-9(4)8-14(7-3)10(6-2)11(15)13-12/h9-10H,5-8,12H2,1-4H3,(H,13,15). The van der Waals surface area contributed by atoms with E-state index in [2.05, 4.69) is 31.1 Å². The van der Waals surface area contributed by atoms with Crippen molar-refractivity contribution in [3.8, 4) is 0 Å². The molecule has 15 heavy (non-hydrogen) atoms. The van der Waals surface area contributed by atoms with Crippen molar-refractivity contribution in [2.75, 3.05) is 13.1 Å². The molecule has 0 aliphatic heterocycles. The van der Waals surface area contributed by atoms with Crippen LogP contribution in [0, 0.1) is 5.92 Å². The summed E-state index contributed by atoms with van der Waals surface area (Å²) < 4.78 is 0. The molecule has 1 amide bonds. The molecule has 0 saturated carbocycles. The molecular formula is C11H25N3O. The summed E-state index contributed by atoms with van der Waals surface area (Å²) in [6.07, 6.45) is 1.94. The van der Waals surface area contributed by atoms with Crippen LogP contribution in [0.15, 0.2) is 0 Å². The first-order chi connectivity index (χ1) is 7.10. The zero-order valence-electron chi connectivity index (χ0n) is 10.4. The second-order valence-corrected chi connectivity index (χ2v) is 4.03. The average Bonchev–Trinajstić information content (AvgIpc) is 2.27. The monoisotopic (exact) mass is 215 g/mol. The number of amides is 1. The average molecular weight is 215 g/mol. The molecule has 0 rings (SSSR count). The Balaban J connectivity index is 4.39. The smallest absolute Gasteiger partial charge is 0.251 e. The van der Waals surface area contributed by atoms with E-state index < -0.39 is 0 Å². The van der Waals surface area contributed by atoms with Crippen LogP contribution < -0.4 is 11.3 Å². The lowest BCUT2D eigenvalue weighted by molar-refractivity contribution is -0.126. The van der Waals surface area contributed by atoms with Crippen LogP contribution in [0.1, 0.15) is 40.5 Å². The Morgan fingerprint density at radius 3 is 2.27 bits per heavy atom. The molecule has 0 aliphatic carbocycles. The van der Waals surface area contributed by atoms with Crippen LogP contribution in [0.25, 0.3) is 0 Å². The van der Waals surface area contributed by atoms with E-state index in [0.717, 1.165) is 25.9 Å². The normalized spacial score (nSPS) is 15.1. The number of rotatable bonds is 7. The van der Waals surface area contributed by atoms with Crippen molar-refractivity contribution >= 4 is 5.91 Å². The maximum absolute atomic E-state index is 11.5. The molecule has 2 atom stereocenters. The van der Waals surface area contributed by atoms with E-state index in [9.17, 15) is 4.79 Å². The number of carbonyl (C=O) groups is 1. The Morgan fingerprint density at radius 2 is 1.93 bits per heavy atom. The van der Waals surface area contributed by atoms with Crippen LogP contribution in [0.3, 0.4) is 0 Å². The Kier molecular flexibility index (Phi) is 7.34. The van der Waals surface area contributed by atoms with E-state index >= 15 is 0 Å². The summed E-state index contributed by atoms with van der Waals surface area (Å²) in [6, 6.07) is -0.0889. The summed E-state index contributed by atoms with van der Waals surface area (Å²) in [6.45, 7) is 10.3. The molecule has 0 bridgehead atoms. The van der Waals surface area contributed by atoms with E-state index in [0.29, 0.717) is 5.92 Å². The summed E-state index contributed by atoms with van der Waals surface area (Å²) in [5.41, 5.74) is 2.24. The quantitative estimate of drug-likeness (QED) is 0.380. The highest BCUT2D eigenvalue weighted by atomic mass is 16.2. The molecule has 0 heterocycles. The first-order valence-electron chi connectivity index (χ1n) is 5.85. The number of hydrazine groups is 1. The van der Waals surface area contributed by atoms with E-state index in [1.165, 1.54) is 0 Å². The largest absolute Gasteiger partial charge is 0.293 e. The third-order valence-corrected chi connectivity index (χ3v) is 2.92. The first-order valence-corrected chi connectivity index (χ1v) is 5.85. The number of nitrogens with two attached hydrogens (primary N) is 1. The van der Waals surface area contributed by atoms with Gasteiger partial charge in [0.1, 0.15) is 0 Å². The van der Waals surface area contributed by atoms with Crippen LogP contribution in [0.5, 0.6) is 0 Å². The fourth-order valence-electron chi connectivity index (χ4n) is 1.71. The van der Waals surface area contributed by atoms with Gasteiger partial charge in [-0.05, 0) is 18.9 Å². The van der Waals surface area contributed by atoms with E-state index in [4.69, 9.17) is 5.84 Å². The zero-order valence-corrected chi connectivity index (χ0v) is 10.4. The molecule has 2 unspecified atom stereocenters. The molecule has 0 saturated heterocycles. The molecule has 0 aromatic rings. The van der Waals surface area contributed by atoms with Gasteiger partial charge in [0.25, 0.3) is 5.91 Å². The third kappa shape index (κ3) is 4.62. The number of nitrogens with one attached hydrogen (secondary N) is 1. The van der Waals surface area contributed by atoms with Crippen molar-refractivity contribution in [2.24, 2.45) is 11.8 Å². The van der Waals surface area contributed by atoms with Gasteiger partial charge >= 0.3 is 0 Å². The van der Waals surface area contributed by atoms with Gasteiger partial charge in [-0.15, -0.1) is 0 Å². The van der Waals surface area contributed by atoms with Gasteiger partial charge in [-0.2, -0.15) is 0 Å². The highest BCUT2D eigenvalue weighted by Gasteiger charge is 2.23. The van der Waals surface area contributed by atoms with E-state index in [1.807, 2.05) is 6.92 Å². The van der Waals surface area contributed by atoms with Gasteiger partial charge in [-0.1, -0.05) is 34.1 Å². The van der Waals surface area contributed by atoms with Gasteiger partial charge in [-0.25, -0.2) is 5.84 Å². The van der Waals surface area contributed by atoms with Crippen LogP contribution >= 0.6 is 0 Å². The van der Waals surface area contributed by atoms with Crippen molar-refractivity contribution in [2.45, 2.75) is 46.6 Å². The molecule has 3 N–H and O–H groups in total. The highest BCUT2D eigenvalue weighted by molar-refractivity contribution is 5.81. The molecule has 4 heteroatoms. The number of likely N-dealkylation sites (N-methyl/N-ethyl adjacent to an activating group) is 1. The topological polar surface area (TPSA) is 58.4 Å². The molecule has 4 nitrogen and oxygen atoms in total. The summed E-state index contributed by atoms with van der Waals surface area (Å²) in [7, 11) is 0. The fourth-order valence-corrected chi connectivity index (χ4v) is 1.71. The fraction of sp³-hybridized carbons (Fsp3) is 0.909. The number of hydrogen-bond donors (Lipinski definition) is 2. The molecule has 90 valence electrons. The summed E-state index contributed by atoms with van der Waals surface area (Å²) in [5.74, 6) is 5.71. The van der Waals surface area contributed by atoms with Gasteiger partial charge in [-0.3, -0.25) is 15.1 Å². The maximum atomic E-state index is 11.5. The minimum absolute atomic E-state index is 0.0809. The van der Waals surface area contributed by atoms with Gasteiger partial charge in [0, 0.05) is 6.54 Å². The van der Waals surface area contributed by atoms with Crippen LogP contribution in [-0.2, 0) is 4.79 Å². The predicted molar refractivity (Wildman–Crippen MR) is 63.1 cm³/mol. The SMILES string of the molecule is CCC(C)CN(CC)C(CC)C(=O)NN. The zero-order chi connectivity index (χ0) is 11.8. The van der Waals surface area contributed by atoms with Crippen LogP contribution in [0.2, 0.25) is 0 Å². The van der Waals surface area contributed by atoms with Crippen LogP contribution in [-0.4, -0.2) is 29.9 Å². The van der Waals surface area contributed by atoms with Crippen molar-refractivity contribution in [1.29, 1.82) is 0 Å². The maximum Gasteiger partial charge on any atom is 0.251 e. The van der Waals surface area contributed by atoms with Gasteiger partial charge in [0.15, 0.2) is 0 Å². The molecule has 0 fully saturated rings. The summed E-state index contributed by atoms with van der Waals surface area (Å²) in [4.78, 5) is 13.7. The Labute approximate surface area is 93.2 Å². The number of carbonyl (C=O) groups excluding carboxylic acids is 1.